The molecule has 3 nitrogen and oxygen atoms in total. The Morgan fingerprint density at radius 3 is 2.68 bits per heavy atom. The molecule has 96 valence electrons. The first-order valence-electron chi connectivity index (χ1n) is 6.99. The summed E-state index contributed by atoms with van der Waals surface area (Å²) in [5.74, 6) is 0.366. The Balaban J connectivity index is 2.04. The molecule has 1 heterocycles. The molecule has 1 aromatic carbocycles. The number of benzene rings is 1. The van der Waals surface area contributed by atoms with E-state index >= 15 is 0 Å². The Bertz CT molecular complexity index is 603. The molecule has 1 aromatic heterocycles. The third-order valence-electron chi connectivity index (χ3n) is 4.13. The largest absolute Gasteiger partial charge is 0.239 e. The number of aromatic nitrogens is 2. The minimum absolute atomic E-state index is 0.0896. The van der Waals surface area contributed by atoms with Gasteiger partial charge in [-0.05, 0) is 24.8 Å². The fourth-order valence-corrected chi connectivity index (χ4v) is 3.13. The van der Waals surface area contributed by atoms with E-state index < -0.39 is 0 Å². The highest BCUT2D eigenvalue weighted by atomic mass is 14.8. The standard InChI is InChI=1S/C16H17N3/c17-10-14(12-6-2-1-3-7-12)16-13-8-4-5-9-15(13)18-11-19-16/h4-5,8-9,11-12,14H,1-3,6-7H2. The monoisotopic (exact) mass is 251 g/mol. The van der Waals surface area contributed by atoms with E-state index in [-0.39, 0.29) is 5.92 Å². The van der Waals surface area contributed by atoms with Crippen LogP contribution in [0.2, 0.25) is 0 Å². The number of hydrogen-bond donors (Lipinski definition) is 0. The van der Waals surface area contributed by atoms with Crippen molar-refractivity contribution in [2.45, 2.75) is 38.0 Å². The molecule has 1 aliphatic rings. The van der Waals surface area contributed by atoms with Crippen LogP contribution < -0.4 is 0 Å². The second-order valence-electron chi connectivity index (χ2n) is 5.28. The average molecular weight is 251 g/mol. The molecule has 1 fully saturated rings. The lowest BCUT2D eigenvalue weighted by Crippen LogP contribution is -2.16. The van der Waals surface area contributed by atoms with Crippen molar-refractivity contribution in [2.24, 2.45) is 5.92 Å². The lowest BCUT2D eigenvalue weighted by atomic mass is 9.78. The smallest absolute Gasteiger partial charge is 0.116 e. The Labute approximate surface area is 113 Å². The van der Waals surface area contributed by atoms with E-state index in [4.69, 9.17) is 0 Å². The van der Waals surface area contributed by atoms with E-state index in [1.165, 1.54) is 19.3 Å². The van der Waals surface area contributed by atoms with Crippen LogP contribution in [-0.2, 0) is 0 Å². The van der Waals surface area contributed by atoms with E-state index in [0.717, 1.165) is 29.4 Å². The predicted molar refractivity (Wildman–Crippen MR) is 74.5 cm³/mol. The first-order valence-corrected chi connectivity index (χ1v) is 6.99. The number of nitrogens with zero attached hydrogens (tertiary/aromatic N) is 3. The second-order valence-corrected chi connectivity index (χ2v) is 5.28. The number of fused-ring (bicyclic) bond motifs is 1. The fraction of sp³-hybridized carbons (Fsp3) is 0.438. The lowest BCUT2D eigenvalue weighted by molar-refractivity contribution is 0.333. The molecule has 3 rings (SSSR count). The summed E-state index contributed by atoms with van der Waals surface area (Å²) in [5, 5.41) is 10.6. The summed E-state index contributed by atoms with van der Waals surface area (Å²) in [7, 11) is 0. The van der Waals surface area contributed by atoms with Crippen LogP contribution in [0.4, 0.5) is 0 Å². The Morgan fingerprint density at radius 2 is 1.89 bits per heavy atom. The van der Waals surface area contributed by atoms with Crippen LogP contribution >= 0.6 is 0 Å². The van der Waals surface area contributed by atoms with Crippen molar-refractivity contribution < 1.29 is 0 Å². The molecule has 1 aliphatic carbocycles. The highest BCUT2D eigenvalue weighted by Gasteiger charge is 2.27. The van der Waals surface area contributed by atoms with Crippen molar-refractivity contribution in [3.8, 4) is 6.07 Å². The summed E-state index contributed by atoms with van der Waals surface area (Å²) >= 11 is 0. The third kappa shape index (κ3) is 2.31. The molecular weight excluding hydrogens is 234 g/mol. The van der Waals surface area contributed by atoms with E-state index in [2.05, 4.69) is 16.0 Å². The van der Waals surface area contributed by atoms with Crippen molar-refractivity contribution in [3.63, 3.8) is 0 Å². The maximum absolute atomic E-state index is 9.58. The van der Waals surface area contributed by atoms with Crippen molar-refractivity contribution in [1.29, 1.82) is 5.26 Å². The maximum atomic E-state index is 9.58. The topological polar surface area (TPSA) is 49.6 Å². The summed E-state index contributed by atoms with van der Waals surface area (Å²) in [5.41, 5.74) is 1.85. The van der Waals surface area contributed by atoms with E-state index in [1.807, 2.05) is 24.3 Å². The van der Waals surface area contributed by atoms with Crippen LogP contribution in [0.1, 0.15) is 43.7 Å². The van der Waals surface area contributed by atoms with Gasteiger partial charge in [-0.2, -0.15) is 5.26 Å². The van der Waals surface area contributed by atoms with Crippen LogP contribution in [0, 0.1) is 17.2 Å². The molecule has 1 unspecified atom stereocenters. The van der Waals surface area contributed by atoms with Gasteiger partial charge < -0.3 is 0 Å². The van der Waals surface area contributed by atoms with Crippen molar-refractivity contribution >= 4 is 10.9 Å². The number of nitriles is 1. The quantitative estimate of drug-likeness (QED) is 0.815. The molecular formula is C16H17N3. The number of hydrogen-bond acceptors (Lipinski definition) is 3. The number of para-hydroxylation sites is 1. The molecule has 0 spiro atoms. The van der Waals surface area contributed by atoms with Crippen LogP contribution in [0.25, 0.3) is 10.9 Å². The summed E-state index contributed by atoms with van der Waals surface area (Å²) in [6.45, 7) is 0. The first kappa shape index (κ1) is 12.1. The summed E-state index contributed by atoms with van der Waals surface area (Å²) in [6, 6.07) is 10.5. The van der Waals surface area contributed by atoms with Gasteiger partial charge in [-0.3, -0.25) is 0 Å². The SMILES string of the molecule is N#CC(c1ncnc2ccccc12)C1CCCCC1. The van der Waals surface area contributed by atoms with Crippen LogP contribution in [0.3, 0.4) is 0 Å². The molecule has 19 heavy (non-hydrogen) atoms. The van der Waals surface area contributed by atoms with E-state index in [9.17, 15) is 5.26 Å². The Hall–Kier alpha value is -1.95. The zero-order chi connectivity index (χ0) is 13.1. The molecule has 0 saturated heterocycles. The molecule has 0 bridgehead atoms. The van der Waals surface area contributed by atoms with Gasteiger partial charge in [0.25, 0.3) is 0 Å². The highest BCUT2D eigenvalue weighted by molar-refractivity contribution is 5.81. The molecule has 3 heteroatoms. The van der Waals surface area contributed by atoms with Gasteiger partial charge in [0.15, 0.2) is 0 Å². The lowest BCUT2D eigenvalue weighted by Gasteiger charge is -2.25. The minimum atomic E-state index is -0.0896. The Morgan fingerprint density at radius 1 is 1.11 bits per heavy atom. The Kier molecular flexibility index (Phi) is 3.41. The number of rotatable bonds is 2. The van der Waals surface area contributed by atoms with Gasteiger partial charge in [0.1, 0.15) is 6.33 Å². The normalized spacial score (nSPS) is 18.1. The summed E-state index contributed by atoms with van der Waals surface area (Å²) < 4.78 is 0. The van der Waals surface area contributed by atoms with Crippen molar-refractivity contribution in [2.75, 3.05) is 0 Å². The second kappa shape index (κ2) is 5.36. The molecule has 2 aromatic rings. The van der Waals surface area contributed by atoms with E-state index in [0.29, 0.717) is 5.92 Å². The zero-order valence-electron chi connectivity index (χ0n) is 10.9. The average Bonchev–Trinajstić information content (AvgIpc) is 2.49. The van der Waals surface area contributed by atoms with Crippen LogP contribution in [0.15, 0.2) is 30.6 Å². The molecule has 0 amide bonds. The molecule has 1 atom stereocenters. The minimum Gasteiger partial charge on any atom is -0.239 e. The van der Waals surface area contributed by atoms with Gasteiger partial charge in [0, 0.05) is 5.39 Å². The van der Waals surface area contributed by atoms with Gasteiger partial charge in [0.05, 0.1) is 23.2 Å². The van der Waals surface area contributed by atoms with Gasteiger partial charge >= 0.3 is 0 Å². The predicted octanol–water partition coefficient (Wildman–Crippen LogP) is 3.82. The van der Waals surface area contributed by atoms with Crippen molar-refractivity contribution in [3.05, 3.63) is 36.3 Å². The molecule has 1 saturated carbocycles. The van der Waals surface area contributed by atoms with E-state index in [1.54, 1.807) is 6.33 Å². The molecule has 0 radical (unpaired) electrons. The fourth-order valence-electron chi connectivity index (χ4n) is 3.13. The maximum Gasteiger partial charge on any atom is 0.116 e. The summed E-state index contributed by atoms with van der Waals surface area (Å²) in [6.07, 6.45) is 7.68. The van der Waals surface area contributed by atoms with Crippen molar-refractivity contribution in [1.82, 2.24) is 9.97 Å². The summed E-state index contributed by atoms with van der Waals surface area (Å²) in [4.78, 5) is 8.70. The zero-order valence-corrected chi connectivity index (χ0v) is 10.9. The van der Waals surface area contributed by atoms with Gasteiger partial charge in [-0.25, -0.2) is 9.97 Å². The van der Waals surface area contributed by atoms with Gasteiger partial charge in [-0.15, -0.1) is 0 Å². The van der Waals surface area contributed by atoms with Crippen LogP contribution in [0.5, 0.6) is 0 Å². The highest BCUT2D eigenvalue weighted by Crippen LogP contribution is 2.36. The van der Waals surface area contributed by atoms with Crippen LogP contribution in [-0.4, -0.2) is 9.97 Å². The third-order valence-corrected chi connectivity index (χ3v) is 4.13. The first-order chi connectivity index (χ1) is 9.40. The molecule has 0 N–H and O–H groups in total. The molecule has 0 aliphatic heterocycles. The van der Waals surface area contributed by atoms with Gasteiger partial charge in [0.2, 0.25) is 0 Å². The van der Waals surface area contributed by atoms with Gasteiger partial charge in [-0.1, -0.05) is 37.5 Å².